The van der Waals surface area contributed by atoms with E-state index in [0.717, 1.165) is 13.1 Å². The second-order valence-corrected chi connectivity index (χ2v) is 5.31. The van der Waals surface area contributed by atoms with Crippen LogP contribution in [-0.2, 0) is 0 Å². The minimum Gasteiger partial charge on any atom is -0.341 e. The highest BCUT2D eigenvalue weighted by Crippen LogP contribution is 2.30. The fourth-order valence-corrected chi connectivity index (χ4v) is 2.40. The number of para-hydroxylation sites is 1. The Hall–Kier alpha value is -1.85. The molecular weight excluding hydrogens is 323 g/mol. The number of hydrogen-bond donors (Lipinski definition) is 1. The zero-order valence-corrected chi connectivity index (χ0v) is 13.8. The largest absolute Gasteiger partial charge is 0.341 e. The Morgan fingerprint density at radius 3 is 2.18 bits per heavy atom. The third-order valence-corrected chi connectivity index (χ3v) is 3.78. The lowest BCUT2D eigenvalue weighted by Crippen LogP contribution is -2.24. The van der Waals surface area contributed by atoms with E-state index in [1.54, 1.807) is 18.2 Å². The molecule has 0 aliphatic carbocycles. The van der Waals surface area contributed by atoms with Crippen molar-refractivity contribution < 1.29 is 4.79 Å². The van der Waals surface area contributed by atoms with Gasteiger partial charge < -0.3 is 10.2 Å². The minimum atomic E-state index is -0.360. The SMILES string of the molecule is CCN(CC)c1ncc(C(=O)Nc2c(Cl)cccc2Cl)cn1. The Bertz CT molecular complexity index is 637. The summed E-state index contributed by atoms with van der Waals surface area (Å²) in [5.74, 6) is 0.235. The average molecular weight is 339 g/mol. The van der Waals surface area contributed by atoms with Crippen LogP contribution in [0.4, 0.5) is 11.6 Å². The first-order valence-electron chi connectivity index (χ1n) is 6.89. The number of rotatable bonds is 5. The highest BCUT2D eigenvalue weighted by molar-refractivity contribution is 6.40. The molecule has 116 valence electrons. The van der Waals surface area contributed by atoms with E-state index in [2.05, 4.69) is 15.3 Å². The van der Waals surface area contributed by atoms with Crippen LogP contribution in [0.15, 0.2) is 30.6 Å². The molecule has 1 aromatic heterocycles. The Kier molecular flexibility index (Phi) is 5.57. The number of nitrogens with one attached hydrogen (secondary N) is 1. The van der Waals surface area contributed by atoms with Crippen molar-refractivity contribution in [1.29, 1.82) is 0 Å². The molecular formula is C15H16Cl2N4O. The van der Waals surface area contributed by atoms with Gasteiger partial charge in [0, 0.05) is 25.5 Å². The molecule has 0 saturated heterocycles. The highest BCUT2D eigenvalue weighted by Gasteiger charge is 2.13. The molecule has 0 saturated carbocycles. The van der Waals surface area contributed by atoms with Crippen LogP contribution in [0.25, 0.3) is 0 Å². The lowest BCUT2D eigenvalue weighted by atomic mass is 10.2. The number of halogens is 2. The summed E-state index contributed by atoms with van der Waals surface area (Å²) in [5.41, 5.74) is 0.718. The third-order valence-electron chi connectivity index (χ3n) is 3.15. The van der Waals surface area contributed by atoms with E-state index in [-0.39, 0.29) is 5.91 Å². The summed E-state index contributed by atoms with van der Waals surface area (Å²) in [4.78, 5) is 22.6. The monoisotopic (exact) mass is 338 g/mol. The molecule has 0 spiro atoms. The van der Waals surface area contributed by atoms with Gasteiger partial charge in [0.2, 0.25) is 5.95 Å². The van der Waals surface area contributed by atoms with Gasteiger partial charge in [-0.05, 0) is 26.0 Å². The number of benzene rings is 1. The summed E-state index contributed by atoms with van der Waals surface area (Å²) >= 11 is 12.1. The molecule has 2 aromatic rings. The molecule has 1 amide bonds. The van der Waals surface area contributed by atoms with Gasteiger partial charge in [-0.1, -0.05) is 29.3 Å². The average Bonchev–Trinajstić information content (AvgIpc) is 2.53. The topological polar surface area (TPSA) is 58.1 Å². The van der Waals surface area contributed by atoms with E-state index in [1.807, 2.05) is 18.7 Å². The van der Waals surface area contributed by atoms with Crippen molar-refractivity contribution in [1.82, 2.24) is 9.97 Å². The van der Waals surface area contributed by atoms with Crippen molar-refractivity contribution in [3.63, 3.8) is 0 Å². The van der Waals surface area contributed by atoms with E-state index in [1.165, 1.54) is 12.4 Å². The molecule has 7 heteroatoms. The maximum absolute atomic E-state index is 12.2. The summed E-state index contributed by atoms with van der Waals surface area (Å²) in [6, 6.07) is 5.02. The zero-order valence-electron chi connectivity index (χ0n) is 12.3. The minimum absolute atomic E-state index is 0.340. The van der Waals surface area contributed by atoms with Gasteiger partial charge >= 0.3 is 0 Å². The lowest BCUT2D eigenvalue weighted by molar-refractivity contribution is 0.102. The van der Waals surface area contributed by atoms with Gasteiger partial charge in [0.25, 0.3) is 5.91 Å². The Labute approximate surface area is 139 Å². The molecule has 2 rings (SSSR count). The van der Waals surface area contributed by atoms with Gasteiger partial charge in [0.1, 0.15) is 0 Å². The highest BCUT2D eigenvalue weighted by atomic mass is 35.5. The molecule has 0 aliphatic rings. The number of aromatic nitrogens is 2. The number of hydrogen-bond acceptors (Lipinski definition) is 4. The maximum atomic E-state index is 12.2. The number of nitrogens with zero attached hydrogens (tertiary/aromatic N) is 3. The number of carbonyl (C=O) groups is 1. The molecule has 0 unspecified atom stereocenters. The van der Waals surface area contributed by atoms with Gasteiger partial charge in [-0.25, -0.2) is 9.97 Å². The van der Waals surface area contributed by atoms with Gasteiger partial charge in [-0.15, -0.1) is 0 Å². The Morgan fingerprint density at radius 1 is 1.14 bits per heavy atom. The van der Waals surface area contributed by atoms with Gasteiger partial charge in [-0.2, -0.15) is 0 Å². The van der Waals surface area contributed by atoms with Crippen molar-refractivity contribution >= 4 is 40.7 Å². The third kappa shape index (κ3) is 3.67. The summed E-state index contributed by atoms with van der Waals surface area (Å²) in [7, 11) is 0. The number of amides is 1. The van der Waals surface area contributed by atoms with Crippen molar-refractivity contribution in [3.8, 4) is 0 Å². The van der Waals surface area contributed by atoms with Gasteiger partial charge in [-0.3, -0.25) is 4.79 Å². The normalized spacial score (nSPS) is 10.4. The molecule has 5 nitrogen and oxygen atoms in total. The van der Waals surface area contributed by atoms with Crippen LogP contribution in [0.5, 0.6) is 0 Å². The molecule has 0 radical (unpaired) electrons. The summed E-state index contributed by atoms with van der Waals surface area (Å²) < 4.78 is 0. The van der Waals surface area contributed by atoms with Crippen LogP contribution in [0, 0.1) is 0 Å². The fourth-order valence-electron chi connectivity index (χ4n) is 1.91. The van der Waals surface area contributed by atoms with Crippen molar-refractivity contribution in [2.24, 2.45) is 0 Å². The van der Waals surface area contributed by atoms with Gasteiger partial charge in [0.05, 0.1) is 21.3 Å². The van der Waals surface area contributed by atoms with Gasteiger partial charge in [0.15, 0.2) is 0 Å². The Balaban J connectivity index is 2.17. The first-order chi connectivity index (χ1) is 10.6. The van der Waals surface area contributed by atoms with E-state index in [4.69, 9.17) is 23.2 Å². The molecule has 1 aromatic carbocycles. The van der Waals surface area contributed by atoms with Crippen LogP contribution in [0.2, 0.25) is 10.0 Å². The van der Waals surface area contributed by atoms with Crippen molar-refractivity contribution in [2.45, 2.75) is 13.8 Å². The summed E-state index contributed by atoms with van der Waals surface area (Å²) in [6.07, 6.45) is 2.97. The first kappa shape index (κ1) is 16.5. The fraction of sp³-hybridized carbons (Fsp3) is 0.267. The molecule has 1 heterocycles. The second-order valence-electron chi connectivity index (χ2n) is 4.49. The predicted molar refractivity (Wildman–Crippen MR) is 90.0 cm³/mol. The lowest BCUT2D eigenvalue weighted by Gasteiger charge is -2.18. The number of anilines is 2. The summed E-state index contributed by atoms with van der Waals surface area (Å²) in [6.45, 7) is 5.65. The number of carbonyl (C=O) groups excluding carboxylic acids is 1. The van der Waals surface area contributed by atoms with Crippen LogP contribution >= 0.6 is 23.2 Å². The van der Waals surface area contributed by atoms with Crippen LogP contribution in [-0.4, -0.2) is 29.0 Å². The van der Waals surface area contributed by atoms with Crippen LogP contribution < -0.4 is 10.2 Å². The van der Waals surface area contributed by atoms with E-state index in [9.17, 15) is 4.79 Å². The van der Waals surface area contributed by atoms with Crippen LogP contribution in [0.1, 0.15) is 24.2 Å². The van der Waals surface area contributed by atoms with Crippen molar-refractivity contribution in [2.75, 3.05) is 23.3 Å². The second kappa shape index (κ2) is 7.42. The molecule has 0 bridgehead atoms. The Morgan fingerprint density at radius 2 is 1.68 bits per heavy atom. The molecule has 0 aliphatic heterocycles. The molecule has 22 heavy (non-hydrogen) atoms. The van der Waals surface area contributed by atoms with Crippen molar-refractivity contribution in [3.05, 3.63) is 46.2 Å². The van der Waals surface area contributed by atoms with E-state index < -0.39 is 0 Å². The molecule has 0 fully saturated rings. The van der Waals surface area contributed by atoms with E-state index in [0.29, 0.717) is 27.2 Å². The maximum Gasteiger partial charge on any atom is 0.258 e. The van der Waals surface area contributed by atoms with E-state index >= 15 is 0 Å². The molecule has 1 N–H and O–H groups in total. The smallest absolute Gasteiger partial charge is 0.258 e. The molecule has 0 atom stereocenters. The van der Waals surface area contributed by atoms with Crippen LogP contribution in [0.3, 0.4) is 0 Å². The quantitative estimate of drug-likeness (QED) is 0.898. The predicted octanol–water partition coefficient (Wildman–Crippen LogP) is 3.88. The first-order valence-corrected chi connectivity index (χ1v) is 7.64. The summed E-state index contributed by atoms with van der Waals surface area (Å²) in [5, 5.41) is 3.43. The standard InChI is InChI=1S/C15H16Cl2N4O/c1-3-21(4-2)15-18-8-10(9-19-15)14(22)20-13-11(16)6-5-7-12(13)17/h5-9H,3-4H2,1-2H3,(H,20,22). The zero-order chi connectivity index (χ0) is 16.1.